The molecule has 7 nitrogen and oxygen atoms in total. The highest BCUT2D eigenvalue weighted by molar-refractivity contribution is 7.91. The number of hydrogen-bond donors (Lipinski definition) is 1. The first-order valence-corrected chi connectivity index (χ1v) is 9.15. The maximum atomic E-state index is 12.6. The zero-order valence-corrected chi connectivity index (χ0v) is 13.6. The third kappa shape index (κ3) is 2.79. The summed E-state index contributed by atoms with van der Waals surface area (Å²) in [6, 6.07) is 2.58. The number of nitrogens with zero attached hydrogens (tertiary/aromatic N) is 3. The predicted molar refractivity (Wildman–Crippen MR) is 83.1 cm³/mol. The van der Waals surface area contributed by atoms with Gasteiger partial charge >= 0.3 is 0 Å². The van der Waals surface area contributed by atoms with Gasteiger partial charge in [0, 0.05) is 19.8 Å². The van der Waals surface area contributed by atoms with Crippen LogP contribution in [0.3, 0.4) is 0 Å². The zero-order chi connectivity index (χ0) is 15.7. The SMILES string of the molecule is Cn1cc(NC(=O)C2CCCN2S(=O)(=O)c2cccs2)cn1. The van der Waals surface area contributed by atoms with Gasteiger partial charge in [0.1, 0.15) is 10.3 Å². The summed E-state index contributed by atoms with van der Waals surface area (Å²) in [5.74, 6) is -0.314. The van der Waals surface area contributed by atoms with Crippen LogP contribution < -0.4 is 5.32 Å². The first-order chi connectivity index (χ1) is 10.5. The van der Waals surface area contributed by atoms with Crippen molar-refractivity contribution < 1.29 is 13.2 Å². The molecule has 3 rings (SSSR count). The Morgan fingerprint density at radius 2 is 2.32 bits per heavy atom. The summed E-state index contributed by atoms with van der Waals surface area (Å²) in [5.41, 5.74) is 0.563. The Morgan fingerprint density at radius 1 is 1.50 bits per heavy atom. The van der Waals surface area contributed by atoms with Gasteiger partial charge in [-0.15, -0.1) is 11.3 Å². The highest BCUT2D eigenvalue weighted by Crippen LogP contribution is 2.29. The van der Waals surface area contributed by atoms with Crippen LogP contribution in [0.25, 0.3) is 0 Å². The maximum absolute atomic E-state index is 12.6. The molecule has 0 aliphatic carbocycles. The monoisotopic (exact) mass is 340 g/mol. The standard InChI is InChI=1S/C13H16N4O3S2/c1-16-9-10(8-14-16)15-13(18)11-4-2-6-17(11)22(19,20)12-5-3-7-21-12/h3,5,7-9,11H,2,4,6H2,1H3,(H,15,18). The van der Waals surface area contributed by atoms with Gasteiger partial charge in [0.15, 0.2) is 0 Å². The summed E-state index contributed by atoms with van der Waals surface area (Å²) in [5, 5.41) is 8.42. The molecule has 1 saturated heterocycles. The van der Waals surface area contributed by atoms with Crippen LogP contribution in [0.15, 0.2) is 34.1 Å². The van der Waals surface area contributed by atoms with Crippen molar-refractivity contribution in [3.63, 3.8) is 0 Å². The third-order valence-electron chi connectivity index (χ3n) is 3.54. The average molecular weight is 340 g/mol. The quantitative estimate of drug-likeness (QED) is 0.908. The highest BCUT2D eigenvalue weighted by atomic mass is 32.2. The first kappa shape index (κ1) is 15.2. The molecule has 1 fully saturated rings. The zero-order valence-electron chi connectivity index (χ0n) is 12.0. The van der Waals surface area contributed by atoms with E-state index in [-0.39, 0.29) is 10.1 Å². The Morgan fingerprint density at radius 3 is 2.95 bits per heavy atom. The van der Waals surface area contributed by atoms with Gasteiger partial charge in [-0.3, -0.25) is 9.48 Å². The smallest absolute Gasteiger partial charge is 0.253 e. The van der Waals surface area contributed by atoms with E-state index in [1.54, 1.807) is 35.4 Å². The van der Waals surface area contributed by atoms with Gasteiger partial charge < -0.3 is 5.32 Å². The van der Waals surface area contributed by atoms with Crippen LogP contribution in [0.1, 0.15) is 12.8 Å². The number of amides is 1. The lowest BCUT2D eigenvalue weighted by Gasteiger charge is -2.22. The van der Waals surface area contributed by atoms with Gasteiger partial charge in [-0.05, 0) is 24.3 Å². The molecule has 1 aliphatic rings. The van der Waals surface area contributed by atoms with Crippen molar-refractivity contribution in [2.24, 2.45) is 7.05 Å². The molecule has 1 unspecified atom stereocenters. The second-order valence-corrected chi connectivity index (χ2v) is 8.16. The predicted octanol–water partition coefficient (Wildman–Crippen LogP) is 1.27. The molecular formula is C13H16N4O3S2. The van der Waals surface area contributed by atoms with Gasteiger partial charge in [-0.2, -0.15) is 9.40 Å². The summed E-state index contributed by atoms with van der Waals surface area (Å²) < 4.78 is 28.4. The second kappa shape index (κ2) is 5.82. The largest absolute Gasteiger partial charge is 0.322 e. The number of aryl methyl sites for hydroxylation is 1. The lowest BCUT2D eigenvalue weighted by Crippen LogP contribution is -2.42. The van der Waals surface area contributed by atoms with Crippen LogP contribution >= 0.6 is 11.3 Å². The molecule has 3 heterocycles. The highest BCUT2D eigenvalue weighted by Gasteiger charge is 2.39. The molecule has 2 aromatic rings. The third-order valence-corrected chi connectivity index (χ3v) is 6.82. The van der Waals surface area contributed by atoms with Crippen LogP contribution in [0.2, 0.25) is 0 Å². The normalized spacial score (nSPS) is 19.4. The first-order valence-electron chi connectivity index (χ1n) is 6.83. The van der Waals surface area contributed by atoms with Gasteiger partial charge in [0.05, 0.1) is 11.9 Å². The van der Waals surface area contributed by atoms with E-state index in [2.05, 4.69) is 10.4 Å². The summed E-state index contributed by atoms with van der Waals surface area (Å²) in [6.07, 6.45) is 4.41. The number of hydrogen-bond acceptors (Lipinski definition) is 5. The lowest BCUT2D eigenvalue weighted by atomic mass is 10.2. The second-order valence-electron chi connectivity index (χ2n) is 5.10. The van der Waals surface area contributed by atoms with E-state index in [9.17, 15) is 13.2 Å². The van der Waals surface area contributed by atoms with Crippen LogP contribution in [-0.2, 0) is 21.9 Å². The van der Waals surface area contributed by atoms with Crippen LogP contribution in [0.5, 0.6) is 0 Å². The molecule has 1 aliphatic heterocycles. The van der Waals surface area contributed by atoms with Gasteiger partial charge in [0.25, 0.3) is 10.0 Å². The Hall–Kier alpha value is -1.71. The van der Waals surface area contributed by atoms with Crippen molar-refractivity contribution in [1.82, 2.24) is 14.1 Å². The lowest BCUT2D eigenvalue weighted by molar-refractivity contribution is -0.119. The number of rotatable bonds is 4. The molecule has 1 amide bonds. The number of carbonyl (C=O) groups excluding carboxylic acids is 1. The molecule has 0 aromatic carbocycles. The minimum atomic E-state index is -3.61. The molecule has 0 saturated carbocycles. The van der Waals surface area contributed by atoms with E-state index >= 15 is 0 Å². The van der Waals surface area contributed by atoms with Crippen LogP contribution in [0, 0.1) is 0 Å². The minimum absolute atomic E-state index is 0.272. The van der Waals surface area contributed by atoms with Crippen molar-refractivity contribution in [3.8, 4) is 0 Å². The molecule has 0 spiro atoms. The van der Waals surface area contributed by atoms with E-state index in [0.29, 0.717) is 25.1 Å². The Balaban J connectivity index is 1.80. The van der Waals surface area contributed by atoms with Crippen LogP contribution in [0.4, 0.5) is 5.69 Å². The summed E-state index contributed by atoms with van der Waals surface area (Å²) in [6.45, 7) is 0.366. The molecule has 118 valence electrons. The van der Waals surface area contributed by atoms with Crippen LogP contribution in [-0.4, -0.2) is 41.0 Å². The Labute approximate surface area is 132 Å². The van der Waals surface area contributed by atoms with E-state index in [4.69, 9.17) is 0 Å². The number of nitrogens with one attached hydrogen (secondary N) is 1. The molecule has 0 radical (unpaired) electrons. The number of sulfonamides is 1. The molecule has 2 aromatic heterocycles. The number of carbonyl (C=O) groups is 1. The van der Waals surface area contributed by atoms with Crippen molar-refractivity contribution >= 4 is 33.0 Å². The number of thiophene rings is 1. The fraction of sp³-hybridized carbons (Fsp3) is 0.385. The number of aromatic nitrogens is 2. The van der Waals surface area contributed by atoms with Crippen molar-refractivity contribution in [1.29, 1.82) is 0 Å². The molecule has 1 N–H and O–H groups in total. The fourth-order valence-electron chi connectivity index (χ4n) is 2.53. The number of anilines is 1. The van der Waals surface area contributed by atoms with Crippen molar-refractivity contribution in [2.75, 3.05) is 11.9 Å². The fourth-order valence-corrected chi connectivity index (χ4v) is 5.30. The Bertz CT molecular complexity index is 767. The topological polar surface area (TPSA) is 84.3 Å². The summed E-state index contributed by atoms with van der Waals surface area (Å²) in [4.78, 5) is 12.4. The molecule has 1 atom stereocenters. The van der Waals surface area contributed by atoms with E-state index < -0.39 is 16.1 Å². The molecule has 9 heteroatoms. The van der Waals surface area contributed by atoms with E-state index in [0.717, 1.165) is 11.3 Å². The molecular weight excluding hydrogens is 324 g/mol. The maximum Gasteiger partial charge on any atom is 0.253 e. The van der Waals surface area contributed by atoms with Gasteiger partial charge in [-0.25, -0.2) is 8.42 Å². The van der Waals surface area contributed by atoms with Gasteiger partial charge in [-0.1, -0.05) is 6.07 Å². The van der Waals surface area contributed by atoms with Crippen molar-refractivity contribution in [3.05, 3.63) is 29.9 Å². The van der Waals surface area contributed by atoms with Crippen molar-refractivity contribution in [2.45, 2.75) is 23.1 Å². The summed E-state index contributed by atoms with van der Waals surface area (Å²) >= 11 is 1.16. The van der Waals surface area contributed by atoms with E-state index in [1.165, 1.54) is 10.5 Å². The molecule has 0 bridgehead atoms. The minimum Gasteiger partial charge on any atom is -0.322 e. The van der Waals surface area contributed by atoms with E-state index in [1.807, 2.05) is 0 Å². The van der Waals surface area contributed by atoms with Gasteiger partial charge in [0.2, 0.25) is 5.91 Å². The molecule has 22 heavy (non-hydrogen) atoms. The average Bonchev–Trinajstić information content (AvgIpc) is 3.20. The summed E-state index contributed by atoms with van der Waals surface area (Å²) in [7, 11) is -1.86. The Kier molecular flexibility index (Phi) is 4.02.